The first-order valence-corrected chi connectivity index (χ1v) is 3.03. The molecule has 10 heavy (non-hydrogen) atoms. The normalized spacial score (nSPS) is 10.3. The topological polar surface area (TPSA) is 29.1 Å². The van der Waals surface area contributed by atoms with Crippen LogP contribution in [0.1, 0.15) is 8.29 Å². The van der Waals surface area contributed by atoms with Gasteiger partial charge >= 0.3 is 0 Å². The predicted octanol–water partition coefficient (Wildman–Crippen LogP) is 1.65. The third kappa shape index (κ3) is 1.90. The van der Waals surface area contributed by atoms with E-state index >= 15 is 0 Å². The Labute approximate surface area is 61.3 Å². The number of rotatable bonds is 1. The Balaban J connectivity index is 2.79. The van der Waals surface area contributed by atoms with Crippen LogP contribution in [0.15, 0.2) is 30.3 Å². The molecule has 2 nitrogen and oxygen atoms in total. The minimum Gasteiger partial charge on any atom is -0.326 e. The molecule has 0 aliphatic carbocycles. The molecule has 0 aliphatic rings. The van der Waals surface area contributed by atoms with Crippen molar-refractivity contribution < 1.29 is 6.17 Å². The second kappa shape index (κ2) is 3.01. The Kier molecular flexibility index (Phi) is 1.65. The van der Waals surface area contributed by atoms with E-state index in [1.807, 2.05) is 0 Å². The van der Waals surface area contributed by atoms with Crippen LogP contribution in [-0.2, 0) is 4.79 Å². The van der Waals surface area contributed by atoms with E-state index in [1.165, 1.54) is 6.92 Å². The Morgan fingerprint density at radius 1 is 1.60 bits per heavy atom. The molecule has 1 N–H and O–H groups in total. The molecule has 52 valence electrons. The van der Waals surface area contributed by atoms with Gasteiger partial charge in [0.25, 0.3) is 0 Å². The fourth-order valence-electron chi connectivity index (χ4n) is 0.674. The van der Waals surface area contributed by atoms with Crippen LogP contribution in [0, 0.1) is 0 Å². The van der Waals surface area contributed by atoms with E-state index < -0.39 is 0 Å². The monoisotopic (exact) mass is 136 g/mol. The lowest BCUT2D eigenvalue weighted by Gasteiger charge is -1.98. The lowest BCUT2D eigenvalue weighted by atomic mass is 10.3. The molecular formula is C8H9NO. The zero-order chi connectivity index (χ0) is 8.27. The highest BCUT2D eigenvalue weighted by molar-refractivity contribution is 5.88. The third-order valence-electron chi connectivity index (χ3n) is 1.03. The Morgan fingerprint density at radius 3 is 3.00 bits per heavy atom. The molecule has 1 amide bonds. The summed E-state index contributed by atoms with van der Waals surface area (Å²) in [5, 5.41) is 2.59. The van der Waals surface area contributed by atoms with Crippen molar-refractivity contribution >= 4 is 11.6 Å². The van der Waals surface area contributed by atoms with Crippen molar-refractivity contribution in [1.29, 1.82) is 0 Å². The second-order valence-electron chi connectivity index (χ2n) is 1.97. The molecule has 2 heteroatoms. The third-order valence-corrected chi connectivity index (χ3v) is 1.03. The van der Waals surface area contributed by atoms with Crippen LogP contribution >= 0.6 is 0 Å². The van der Waals surface area contributed by atoms with Gasteiger partial charge in [-0.3, -0.25) is 4.79 Å². The SMILES string of the molecule is [2H]c1cccc(NC(C)=O)c1. The number of hydrogen-bond donors (Lipinski definition) is 1. The van der Waals surface area contributed by atoms with Crippen LogP contribution in [0.3, 0.4) is 0 Å². The van der Waals surface area contributed by atoms with Gasteiger partial charge < -0.3 is 5.32 Å². The minimum absolute atomic E-state index is 0.115. The molecule has 0 bridgehead atoms. The lowest BCUT2D eigenvalue weighted by molar-refractivity contribution is -0.114. The number of benzene rings is 1. The molecule has 1 rings (SSSR count). The molecule has 0 atom stereocenters. The number of para-hydroxylation sites is 1. The van der Waals surface area contributed by atoms with Gasteiger partial charge in [-0.2, -0.15) is 0 Å². The van der Waals surface area contributed by atoms with E-state index in [-0.39, 0.29) is 5.91 Å². The maximum absolute atomic E-state index is 10.6. The quantitative estimate of drug-likeness (QED) is 0.624. The Bertz CT molecular complexity index is 273. The summed E-state index contributed by atoms with van der Waals surface area (Å²) in [7, 11) is 0. The van der Waals surface area contributed by atoms with Crippen molar-refractivity contribution in [2.75, 3.05) is 5.32 Å². The van der Waals surface area contributed by atoms with Gasteiger partial charge in [-0.25, -0.2) is 0 Å². The summed E-state index contributed by atoms with van der Waals surface area (Å²) in [6.07, 6.45) is 0. The highest BCUT2D eigenvalue weighted by Gasteiger charge is 1.90. The van der Waals surface area contributed by atoms with Crippen molar-refractivity contribution in [3.8, 4) is 0 Å². The average molecular weight is 136 g/mol. The molecule has 0 aliphatic heterocycles. The van der Waals surface area contributed by atoms with E-state index in [2.05, 4.69) is 5.32 Å². The number of anilines is 1. The van der Waals surface area contributed by atoms with Crippen LogP contribution in [-0.4, -0.2) is 5.91 Å². The molecule has 0 unspecified atom stereocenters. The first kappa shape index (κ1) is 5.47. The van der Waals surface area contributed by atoms with Crippen LogP contribution < -0.4 is 5.32 Å². The summed E-state index contributed by atoms with van der Waals surface area (Å²) in [5.41, 5.74) is 0.671. The van der Waals surface area contributed by atoms with Crippen molar-refractivity contribution in [2.45, 2.75) is 6.92 Å². The summed E-state index contributed by atoms with van der Waals surface area (Å²) < 4.78 is 7.23. The summed E-state index contributed by atoms with van der Waals surface area (Å²) in [6, 6.07) is 7.14. The molecule has 0 saturated heterocycles. The van der Waals surface area contributed by atoms with Crippen molar-refractivity contribution in [2.24, 2.45) is 0 Å². The smallest absolute Gasteiger partial charge is 0.221 e. The molecule has 0 saturated carbocycles. The zero-order valence-corrected chi connectivity index (χ0v) is 5.72. The zero-order valence-electron chi connectivity index (χ0n) is 6.72. The molecule has 0 heterocycles. The van der Waals surface area contributed by atoms with Gasteiger partial charge in [0.05, 0.1) is 1.37 Å². The number of carbonyl (C=O) groups excluding carboxylic acids is 1. The van der Waals surface area contributed by atoms with E-state index in [0.29, 0.717) is 11.7 Å². The number of carbonyl (C=O) groups is 1. The van der Waals surface area contributed by atoms with Gasteiger partial charge in [0.15, 0.2) is 0 Å². The summed E-state index contributed by atoms with van der Waals surface area (Å²) in [6.45, 7) is 1.44. The Hall–Kier alpha value is -1.31. The molecule has 0 radical (unpaired) electrons. The van der Waals surface area contributed by atoms with Crippen LogP contribution in [0.5, 0.6) is 0 Å². The average Bonchev–Trinajstić information content (AvgIpc) is 1.85. The predicted molar refractivity (Wildman–Crippen MR) is 40.7 cm³/mol. The molecule has 0 fully saturated rings. The van der Waals surface area contributed by atoms with E-state index in [0.717, 1.165) is 0 Å². The Morgan fingerprint density at radius 2 is 2.40 bits per heavy atom. The fourth-order valence-corrected chi connectivity index (χ4v) is 0.674. The molecular weight excluding hydrogens is 126 g/mol. The highest BCUT2D eigenvalue weighted by atomic mass is 16.1. The minimum atomic E-state index is -0.115. The van der Waals surface area contributed by atoms with Gasteiger partial charge in [-0.05, 0) is 12.1 Å². The van der Waals surface area contributed by atoms with Gasteiger partial charge in [-0.1, -0.05) is 18.2 Å². The molecule has 1 aromatic carbocycles. The lowest BCUT2D eigenvalue weighted by Crippen LogP contribution is -2.04. The number of hydrogen-bond acceptors (Lipinski definition) is 1. The van der Waals surface area contributed by atoms with Gasteiger partial charge in [0, 0.05) is 12.6 Å². The van der Waals surface area contributed by atoms with Gasteiger partial charge in [0.1, 0.15) is 0 Å². The summed E-state index contributed by atoms with van der Waals surface area (Å²) >= 11 is 0. The maximum Gasteiger partial charge on any atom is 0.221 e. The summed E-state index contributed by atoms with van der Waals surface area (Å²) in [5.74, 6) is -0.115. The number of nitrogens with one attached hydrogen (secondary N) is 1. The van der Waals surface area contributed by atoms with Crippen LogP contribution in [0.25, 0.3) is 0 Å². The second-order valence-corrected chi connectivity index (χ2v) is 1.97. The largest absolute Gasteiger partial charge is 0.326 e. The highest BCUT2D eigenvalue weighted by Crippen LogP contribution is 2.03. The number of amides is 1. The van der Waals surface area contributed by atoms with E-state index in [9.17, 15) is 4.79 Å². The van der Waals surface area contributed by atoms with Crippen molar-refractivity contribution in [3.63, 3.8) is 0 Å². The fraction of sp³-hybridized carbons (Fsp3) is 0.125. The van der Waals surface area contributed by atoms with Crippen molar-refractivity contribution in [1.82, 2.24) is 0 Å². The van der Waals surface area contributed by atoms with Crippen molar-refractivity contribution in [3.05, 3.63) is 30.3 Å². The first-order chi connectivity index (χ1) is 5.18. The standard InChI is InChI=1S/C8H9NO/c1-7(10)9-8-5-3-2-4-6-8/h2-6H,1H3,(H,9,10)/i3D. The van der Waals surface area contributed by atoms with E-state index in [4.69, 9.17) is 1.37 Å². The first-order valence-electron chi connectivity index (χ1n) is 3.53. The van der Waals surface area contributed by atoms with Gasteiger partial charge in [-0.15, -0.1) is 0 Å². The molecule has 0 aromatic heterocycles. The van der Waals surface area contributed by atoms with Crippen LogP contribution in [0.4, 0.5) is 5.69 Å². The summed E-state index contributed by atoms with van der Waals surface area (Å²) in [4.78, 5) is 10.6. The molecule has 1 aromatic rings. The maximum atomic E-state index is 10.6. The van der Waals surface area contributed by atoms with E-state index in [1.54, 1.807) is 24.3 Å². The van der Waals surface area contributed by atoms with Gasteiger partial charge in [0.2, 0.25) is 5.91 Å². The molecule has 0 spiro atoms. The van der Waals surface area contributed by atoms with Crippen LogP contribution in [0.2, 0.25) is 0 Å².